The lowest BCUT2D eigenvalue weighted by molar-refractivity contribution is 0.302. The number of hydrogen-bond acceptors (Lipinski definition) is 6. The molecule has 0 aliphatic heterocycles. The number of nitrogens with one attached hydrogen (secondary N) is 1. The standard InChI is InChI=1S/C19H22ClN5OS/c1-14-3-5-15(6-4-14)13-26-18-8-7-17(20)11-16(18)12-21-9-10-27-19-22-23-24-25(19)2/h3-8,11,21H,9-10,12-13H2,1-2H3. The molecule has 6 nitrogen and oxygen atoms in total. The van der Waals surface area contributed by atoms with E-state index in [2.05, 4.69) is 52.0 Å². The highest BCUT2D eigenvalue weighted by atomic mass is 35.5. The van der Waals surface area contributed by atoms with Crippen molar-refractivity contribution >= 4 is 23.4 Å². The number of rotatable bonds is 9. The van der Waals surface area contributed by atoms with Crippen molar-refractivity contribution in [1.82, 2.24) is 25.5 Å². The van der Waals surface area contributed by atoms with Crippen LogP contribution in [0, 0.1) is 6.92 Å². The largest absolute Gasteiger partial charge is 0.489 e. The van der Waals surface area contributed by atoms with Crippen LogP contribution in [0.15, 0.2) is 47.6 Å². The van der Waals surface area contributed by atoms with Crippen LogP contribution in [0.3, 0.4) is 0 Å². The van der Waals surface area contributed by atoms with Gasteiger partial charge in [0, 0.05) is 36.5 Å². The van der Waals surface area contributed by atoms with Gasteiger partial charge in [-0.2, -0.15) is 0 Å². The van der Waals surface area contributed by atoms with Gasteiger partial charge in [0.15, 0.2) is 0 Å². The number of nitrogens with zero attached hydrogens (tertiary/aromatic N) is 4. The van der Waals surface area contributed by atoms with Crippen molar-refractivity contribution in [2.45, 2.75) is 25.2 Å². The van der Waals surface area contributed by atoms with Gasteiger partial charge in [0.05, 0.1) is 0 Å². The van der Waals surface area contributed by atoms with Crippen molar-refractivity contribution in [2.75, 3.05) is 12.3 Å². The Labute approximate surface area is 168 Å². The van der Waals surface area contributed by atoms with Gasteiger partial charge in [-0.3, -0.25) is 0 Å². The minimum absolute atomic E-state index is 0.532. The fourth-order valence-corrected chi connectivity index (χ4v) is 3.39. The Morgan fingerprint density at radius 2 is 2.00 bits per heavy atom. The molecule has 8 heteroatoms. The monoisotopic (exact) mass is 403 g/mol. The van der Waals surface area contributed by atoms with Gasteiger partial charge in [-0.05, 0) is 41.1 Å². The summed E-state index contributed by atoms with van der Waals surface area (Å²) in [5.74, 6) is 1.71. The number of ether oxygens (including phenoxy) is 1. The summed E-state index contributed by atoms with van der Waals surface area (Å²) in [6.45, 7) is 4.11. The molecule has 0 radical (unpaired) electrons. The molecular formula is C19H22ClN5OS. The summed E-state index contributed by atoms with van der Waals surface area (Å²) in [6.07, 6.45) is 0. The third kappa shape index (κ3) is 5.95. The molecule has 0 unspecified atom stereocenters. The van der Waals surface area contributed by atoms with Gasteiger partial charge in [-0.1, -0.05) is 53.2 Å². The lowest BCUT2D eigenvalue weighted by atomic mass is 10.1. The molecule has 1 aromatic heterocycles. The number of thioether (sulfide) groups is 1. The highest BCUT2D eigenvalue weighted by molar-refractivity contribution is 7.99. The average Bonchev–Trinajstić information content (AvgIpc) is 3.07. The van der Waals surface area contributed by atoms with Gasteiger partial charge in [-0.15, -0.1) is 5.10 Å². The quantitative estimate of drug-likeness (QED) is 0.434. The highest BCUT2D eigenvalue weighted by Gasteiger charge is 2.06. The van der Waals surface area contributed by atoms with E-state index in [4.69, 9.17) is 16.3 Å². The fraction of sp³-hybridized carbons (Fsp3) is 0.316. The van der Waals surface area contributed by atoms with Crippen LogP contribution in [0.4, 0.5) is 0 Å². The summed E-state index contributed by atoms with van der Waals surface area (Å²) in [6, 6.07) is 14.1. The molecule has 0 fully saturated rings. The number of aromatic nitrogens is 4. The van der Waals surface area contributed by atoms with Crippen molar-refractivity contribution in [3.8, 4) is 5.75 Å². The van der Waals surface area contributed by atoms with Crippen molar-refractivity contribution in [1.29, 1.82) is 0 Å². The van der Waals surface area contributed by atoms with Crippen molar-refractivity contribution in [3.05, 3.63) is 64.2 Å². The first kappa shape index (κ1) is 19.7. The summed E-state index contributed by atoms with van der Waals surface area (Å²) in [5, 5.41) is 16.3. The molecule has 2 aromatic carbocycles. The smallest absolute Gasteiger partial charge is 0.209 e. The first-order valence-electron chi connectivity index (χ1n) is 8.64. The summed E-state index contributed by atoms with van der Waals surface area (Å²) >= 11 is 7.78. The molecule has 0 saturated carbocycles. The normalized spacial score (nSPS) is 10.9. The molecule has 142 valence electrons. The van der Waals surface area contributed by atoms with Gasteiger partial charge in [0.2, 0.25) is 5.16 Å². The predicted molar refractivity (Wildman–Crippen MR) is 108 cm³/mol. The van der Waals surface area contributed by atoms with Crippen LogP contribution < -0.4 is 10.1 Å². The Morgan fingerprint density at radius 3 is 2.74 bits per heavy atom. The Kier molecular flexibility index (Phi) is 7.09. The van der Waals surface area contributed by atoms with Crippen LogP contribution in [0.1, 0.15) is 16.7 Å². The third-order valence-electron chi connectivity index (χ3n) is 3.94. The van der Waals surface area contributed by atoms with E-state index in [9.17, 15) is 0 Å². The van der Waals surface area contributed by atoms with Crippen molar-refractivity contribution in [2.24, 2.45) is 7.05 Å². The zero-order valence-electron chi connectivity index (χ0n) is 15.4. The molecule has 0 aliphatic carbocycles. The highest BCUT2D eigenvalue weighted by Crippen LogP contribution is 2.24. The molecule has 3 aromatic rings. The molecule has 3 rings (SSSR count). The molecular weight excluding hydrogens is 382 g/mol. The Bertz CT molecular complexity index is 869. The zero-order chi connectivity index (χ0) is 19.1. The number of tetrazole rings is 1. The average molecular weight is 404 g/mol. The van der Waals surface area contributed by atoms with E-state index < -0.39 is 0 Å². The molecule has 0 saturated heterocycles. The Balaban J connectivity index is 1.50. The number of aryl methyl sites for hydroxylation is 2. The van der Waals surface area contributed by atoms with Crippen LogP contribution in [0.25, 0.3) is 0 Å². The van der Waals surface area contributed by atoms with E-state index in [0.29, 0.717) is 18.2 Å². The summed E-state index contributed by atoms with van der Waals surface area (Å²) in [4.78, 5) is 0. The third-order valence-corrected chi connectivity index (χ3v) is 5.19. The number of halogens is 1. The lowest BCUT2D eigenvalue weighted by Crippen LogP contribution is -2.17. The van der Waals surface area contributed by atoms with E-state index in [1.54, 1.807) is 16.4 Å². The van der Waals surface area contributed by atoms with Crippen LogP contribution in [-0.2, 0) is 20.2 Å². The summed E-state index contributed by atoms with van der Waals surface area (Å²) < 4.78 is 7.68. The molecule has 0 aliphatic rings. The second-order valence-electron chi connectivity index (χ2n) is 6.14. The fourth-order valence-electron chi connectivity index (χ4n) is 2.45. The van der Waals surface area contributed by atoms with Crippen LogP contribution >= 0.6 is 23.4 Å². The molecule has 1 N–H and O–H groups in total. The maximum Gasteiger partial charge on any atom is 0.209 e. The maximum absolute atomic E-state index is 6.16. The van der Waals surface area contributed by atoms with Gasteiger partial charge in [0.25, 0.3) is 0 Å². The first-order chi connectivity index (χ1) is 13.1. The molecule has 0 bridgehead atoms. The van der Waals surface area contributed by atoms with Gasteiger partial charge < -0.3 is 10.1 Å². The van der Waals surface area contributed by atoms with Crippen LogP contribution in [-0.4, -0.2) is 32.5 Å². The van der Waals surface area contributed by atoms with Gasteiger partial charge in [0.1, 0.15) is 12.4 Å². The van der Waals surface area contributed by atoms with E-state index in [1.165, 1.54) is 5.56 Å². The maximum atomic E-state index is 6.16. The lowest BCUT2D eigenvalue weighted by Gasteiger charge is -2.13. The summed E-state index contributed by atoms with van der Waals surface area (Å²) in [5.41, 5.74) is 3.42. The second-order valence-corrected chi connectivity index (χ2v) is 7.64. The summed E-state index contributed by atoms with van der Waals surface area (Å²) in [7, 11) is 1.83. The van der Waals surface area contributed by atoms with Crippen molar-refractivity contribution < 1.29 is 4.74 Å². The van der Waals surface area contributed by atoms with E-state index in [0.717, 1.165) is 34.3 Å². The molecule has 0 amide bonds. The minimum Gasteiger partial charge on any atom is -0.489 e. The first-order valence-corrected chi connectivity index (χ1v) is 10.0. The molecule has 27 heavy (non-hydrogen) atoms. The Hall–Kier alpha value is -2.09. The van der Waals surface area contributed by atoms with Crippen LogP contribution in [0.2, 0.25) is 5.02 Å². The van der Waals surface area contributed by atoms with E-state index >= 15 is 0 Å². The molecule has 0 atom stereocenters. The zero-order valence-corrected chi connectivity index (χ0v) is 16.9. The van der Waals surface area contributed by atoms with E-state index in [1.807, 2.05) is 25.2 Å². The van der Waals surface area contributed by atoms with E-state index in [-0.39, 0.29) is 0 Å². The predicted octanol–water partition coefficient (Wildman–Crippen LogP) is 3.63. The molecule has 1 heterocycles. The second kappa shape index (κ2) is 9.73. The topological polar surface area (TPSA) is 64.9 Å². The van der Waals surface area contributed by atoms with Gasteiger partial charge >= 0.3 is 0 Å². The minimum atomic E-state index is 0.532. The van der Waals surface area contributed by atoms with Crippen LogP contribution in [0.5, 0.6) is 5.75 Å². The Morgan fingerprint density at radius 1 is 1.19 bits per heavy atom. The van der Waals surface area contributed by atoms with Crippen molar-refractivity contribution in [3.63, 3.8) is 0 Å². The number of benzene rings is 2. The van der Waals surface area contributed by atoms with Gasteiger partial charge in [-0.25, -0.2) is 4.68 Å². The number of hydrogen-bond donors (Lipinski definition) is 1. The SMILES string of the molecule is Cc1ccc(COc2ccc(Cl)cc2CNCCSc2nnnn2C)cc1. The molecule has 0 spiro atoms.